The first-order chi connectivity index (χ1) is 20.7. The summed E-state index contributed by atoms with van der Waals surface area (Å²) in [6, 6.07) is 15.8. The normalized spacial score (nSPS) is 11.9. The molecule has 0 fully saturated rings. The van der Waals surface area contributed by atoms with E-state index >= 15 is 0 Å². The summed E-state index contributed by atoms with van der Waals surface area (Å²) in [6.07, 6.45) is -4.45. The molecule has 0 aliphatic heterocycles. The number of nitrogens with zero attached hydrogens (tertiary/aromatic N) is 2. The summed E-state index contributed by atoms with van der Waals surface area (Å²) >= 11 is 5.99. The minimum absolute atomic E-state index is 0.0261. The fraction of sp³-hybridized carbons (Fsp3) is 0.267. The van der Waals surface area contributed by atoms with Gasteiger partial charge >= 0.3 is 22.4 Å². The first-order valence-electron chi connectivity index (χ1n) is 13.3. The number of esters is 1. The van der Waals surface area contributed by atoms with Crippen molar-refractivity contribution >= 4 is 33.5 Å². The molecule has 0 radical (unpaired) electrons. The summed E-state index contributed by atoms with van der Waals surface area (Å²) in [7, 11) is -4.22. The highest BCUT2D eigenvalue weighted by Gasteiger charge is 2.30. The van der Waals surface area contributed by atoms with Crippen molar-refractivity contribution in [1.82, 2.24) is 9.29 Å². The number of carbonyl (C=O) groups is 1. The van der Waals surface area contributed by atoms with Crippen molar-refractivity contribution in [2.75, 3.05) is 17.9 Å². The van der Waals surface area contributed by atoms with Crippen LogP contribution in [0, 0.1) is 13.8 Å². The Balaban J connectivity index is 1.48. The van der Waals surface area contributed by atoms with E-state index in [1.54, 1.807) is 57.2 Å². The lowest BCUT2D eigenvalue weighted by atomic mass is 10.1. The van der Waals surface area contributed by atoms with Crippen LogP contribution in [0.3, 0.4) is 0 Å². The summed E-state index contributed by atoms with van der Waals surface area (Å²) < 4.78 is 85.4. The molecule has 0 aliphatic rings. The number of halogens is 4. The summed E-state index contributed by atoms with van der Waals surface area (Å²) in [6.45, 7) is 4.32. The molecule has 4 aromatic rings. The molecule has 0 unspecified atom stereocenters. The Kier molecular flexibility index (Phi) is 10.2. The first kappa shape index (κ1) is 32.8. The van der Waals surface area contributed by atoms with Gasteiger partial charge in [0.1, 0.15) is 30.4 Å². The van der Waals surface area contributed by atoms with Crippen LogP contribution in [0.1, 0.15) is 35.1 Å². The second-order valence-corrected chi connectivity index (χ2v) is 11.8. The van der Waals surface area contributed by atoms with Crippen molar-refractivity contribution in [3.8, 4) is 17.2 Å². The number of benzene rings is 3. The van der Waals surface area contributed by atoms with Crippen LogP contribution in [0.25, 0.3) is 11.5 Å². The van der Waals surface area contributed by atoms with Crippen molar-refractivity contribution in [3.05, 3.63) is 99.9 Å². The standard InChI is InChI=1S/C30H29ClF3N3O6S/c1-4-41-28(38)17-37(44(39,40)36-26-13-12-24(31)14-19(26)2)16-21-6-5-7-25(15-21)42-18-27-20(3)43-29(35-27)22-8-10-23(11-9-22)30(32,33)34/h5-15,36H,4,16-18H2,1-3H3. The molecule has 4 rings (SSSR count). The molecule has 234 valence electrons. The van der Waals surface area contributed by atoms with Crippen molar-refractivity contribution in [1.29, 1.82) is 0 Å². The molecular formula is C30H29ClF3N3O6S. The Hall–Kier alpha value is -4.07. The third-order valence-corrected chi connectivity index (χ3v) is 8.01. The SMILES string of the molecule is CCOC(=O)CN(Cc1cccc(OCc2nc(-c3ccc(C(F)(F)F)cc3)oc2C)c1)S(=O)(=O)Nc1ccc(Cl)cc1C. The average Bonchev–Trinajstić information content (AvgIpc) is 3.33. The molecule has 0 bridgehead atoms. The highest BCUT2D eigenvalue weighted by molar-refractivity contribution is 7.90. The van der Waals surface area contributed by atoms with Gasteiger partial charge in [-0.3, -0.25) is 9.52 Å². The molecule has 1 aromatic heterocycles. The number of hydrogen-bond acceptors (Lipinski definition) is 7. The largest absolute Gasteiger partial charge is 0.487 e. The third-order valence-electron chi connectivity index (χ3n) is 6.36. The van der Waals surface area contributed by atoms with E-state index in [9.17, 15) is 26.4 Å². The van der Waals surface area contributed by atoms with Crippen LogP contribution in [0.2, 0.25) is 5.02 Å². The Morgan fingerprint density at radius 3 is 2.45 bits per heavy atom. The van der Waals surface area contributed by atoms with Gasteiger partial charge in [0.05, 0.1) is 17.9 Å². The van der Waals surface area contributed by atoms with Gasteiger partial charge < -0.3 is 13.9 Å². The summed E-state index contributed by atoms with van der Waals surface area (Å²) in [5.41, 5.74) is 1.44. The van der Waals surface area contributed by atoms with Gasteiger partial charge in [-0.1, -0.05) is 23.7 Å². The zero-order valence-electron chi connectivity index (χ0n) is 23.9. The molecule has 44 heavy (non-hydrogen) atoms. The predicted molar refractivity (Wildman–Crippen MR) is 158 cm³/mol. The number of anilines is 1. The van der Waals surface area contributed by atoms with Gasteiger partial charge in [0.25, 0.3) is 0 Å². The van der Waals surface area contributed by atoms with Crippen LogP contribution in [-0.2, 0) is 39.1 Å². The lowest BCUT2D eigenvalue weighted by molar-refractivity contribution is -0.143. The van der Waals surface area contributed by atoms with Gasteiger partial charge in [0, 0.05) is 17.1 Å². The number of alkyl halides is 3. The molecule has 14 heteroatoms. The van der Waals surface area contributed by atoms with Crippen molar-refractivity contribution in [2.45, 2.75) is 40.1 Å². The van der Waals surface area contributed by atoms with Crippen molar-refractivity contribution in [2.24, 2.45) is 0 Å². The van der Waals surface area contributed by atoms with Crippen LogP contribution in [0.4, 0.5) is 18.9 Å². The van der Waals surface area contributed by atoms with E-state index in [1.165, 1.54) is 18.2 Å². The molecule has 1 heterocycles. The second-order valence-electron chi connectivity index (χ2n) is 9.67. The maximum atomic E-state index is 13.4. The molecular weight excluding hydrogens is 623 g/mol. The van der Waals surface area contributed by atoms with Crippen molar-refractivity contribution in [3.63, 3.8) is 0 Å². The number of nitrogens with one attached hydrogen (secondary N) is 1. The van der Waals surface area contributed by atoms with Gasteiger partial charge in [-0.05, 0) is 86.5 Å². The number of carbonyl (C=O) groups excluding carboxylic acids is 1. The van der Waals surface area contributed by atoms with Crippen LogP contribution < -0.4 is 9.46 Å². The fourth-order valence-electron chi connectivity index (χ4n) is 4.10. The Labute approximate surface area is 257 Å². The number of oxazole rings is 1. The lowest BCUT2D eigenvalue weighted by Crippen LogP contribution is -2.39. The monoisotopic (exact) mass is 651 g/mol. The van der Waals surface area contributed by atoms with E-state index in [-0.39, 0.29) is 25.6 Å². The first-order valence-corrected chi connectivity index (χ1v) is 15.1. The predicted octanol–water partition coefficient (Wildman–Crippen LogP) is 6.93. The van der Waals surface area contributed by atoms with Gasteiger partial charge in [0.2, 0.25) is 5.89 Å². The molecule has 0 atom stereocenters. The van der Waals surface area contributed by atoms with Gasteiger partial charge in [-0.2, -0.15) is 25.9 Å². The number of hydrogen-bond donors (Lipinski definition) is 1. The smallest absolute Gasteiger partial charge is 0.416 e. The zero-order valence-corrected chi connectivity index (χ0v) is 25.5. The van der Waals surface area contributed by atoms with E-state index in [4.69, 9.17) is 25.5 Å². The lowest BCUT2D eigenvalue weighted by Gasteiger charge is -2.23. The number of rotatable bonds is 12. The zero-order chi connectivity index (χ0) is 32.1. The van der Waals surface area contributed by atoms with Gasteiger partial charge in [-0.25, -0.2) is 4.98 Å². The Bertz CT molecular complexity index is 1730. The summed E-state index contributed by atoms with van der Waals surface area (Å²) in [4.78, 5) is 16.7. The quantitative estimate of drug-likeness (QED) is 0.165. The van der Waals surface area contributed by atoms with Crippen LogP contribution in [0.15, 0.2) is 71.1 Å². The average molecular weight is 652 g/mol. The van der Waals surface area contributed by atoms with Crippen LogP contribution in [0.5, 0.6) is 5.75 Å². The second kappa shape index (κ2) is 13.7. The summed E-state index contributed by atoms with van der Waals surface area (Å²) in [5.74, 6) is 0.234. The molecule has 9 nitrogen and oxygen atoms in total. The molecule has 0 saturated carbocycles. The third kappa shape index (κ3) is 8.52. The Morgan fingerprint density at radius 1 is 1.07 bits per heavy atom. The maximum Gasteiger partial charge on any atom is 0.416 e. The molecule has 0 spiro atoms. The van der Waals surface area contributed by atoms with E-state index in [0.717, 1.165) is 16.4 Å². The van der Waals surface area contributed by atoms with Gasteiger partial charge in [-0.15, -0.1) is 0 Å². The van der Waals surface area contributed by atoms with E-state index < -0.39 is 34.5 Å². The molecule has 0 aliphatic carbocycles. The highest BCUT2D eigenvalue weighted by Crippen LogP contribution is 2.31. The number of aromatic nitrogens is 1. The molecule has 3 aromatic carbocycles. The Morgan fingerprint density at radius 2 is 1.80 bits per heavy atom. The van der Waals surface area contributed by atoms with E-state index in [1.807, 2.05) is 0 Å². The summed E-state index contributed by atoms with van der Waals surface area (Å²) in [5, 5.41) is 0.447. The van der Waals surface area contributed by atoms with Crippen LogP contribution in [-0.4, -0.2) is 36.8 Å². The van der Waals surface area contributed by atoms with Crippen molar-refractivity contribution < 1.29 is 40.3 Å². The highest BCUT2D eigenvalue weighted by atomic mass is 35.5. The minimum Gasteiger partial charge on any atom is -0.487 e. The van der Waals surface area contributed by atoms with E-state index in [2.05, 4.69) is 9.71 Å². The topological polar surface area (TPSA) is 111 Å². The maximum absolute atomic E-state index is 13.4. The molecule has 1 N–H and O–H groups in total. The minimum atomic E-state index is -4.45. The van der Waals surface area contributed by atoms with Crippen LogP contribution >= 0.6 is 11.6 Å². The number of ether oxygens (including phenoxy) is 2. The molecule has 0 saturated heterocycles. The molecule has 0 amide bonds. The van der Waals surface area contributed by atoms with Gasteiger partial charge in [0.15, 0.2) is 0 Å². The van der Waals surface area contributed by atoms with E-state index in [0.29, 0.717) is 44.6 Å². The fourth-order valence-corrected chi connectivity index (χ4v) is 5.55. The number of aryl methyl sites for hydroxylation is 2.